The number of Topliss-reactive ketones (excluding diaryl/α,β-unsaturated/α-hetero) is 1. The Morgan fingerprint density at radius 1 is 1.06 bits per heavy atom. The van der Waals surface area contributed by atoms with Crippen LogP contribution in [-0.2, 0) is 21.4 Å². The molecule has 1 amide bonds. The van der Waals surface area contributed by atoms with Gasteiger partial charge in [0.25, 0.3) is 10.0 Å². The predicted octanol–water partition coefficient (Wildman–Crippen LogP) is 3.80. The van der Waals surface area contributed by atoms with Gasteiger partial charge in [-0.1, -0.05) is 42.5 Å². The van der Waals surface area contributed by atoms with Crippen LogP contribution in [0.1, 0.15) is 15.9 Å². The van der Waals surface area contributed by atoms with E-state index in [2.05, 4.69) is 9.71 Å². The van der Waals surface area contributed by atoms with Crippen molar-refractivity contribution in [3.05, 3.63) is 89.7 Å². The second kappa shape index (κ2) is 8.95. The Labute approximate surface area is 190 Å². The molecule has 1 heterocycles. The lowest BCUT2D eigenvalue weighted by molar-refractivity contribution is -0.131. The predicted molar refractivity (Wildman–Crippen MR) is 123 cm³/mol. The van der Waals surface area contributed by atoms with Gasteiger partial charge in [-0.25, -0.2) is 12.8 Å². The highest BCUT2D eigenvalue weighted by Crippen LogP contribution is 2.30. The van der Waals surface area contributed by atoms with Gasteiger partial charge in [0.1, 0.15) is 11.7 Å². The van der Waals surface area contributed by atoms with Gasteiger partial charge in [-0.2, -0.15) is 0 Å². The number of ketones is 1. The molecule has 0 aromatic heterocycles. The molecule has 1 N–H and O–H groups in total. The van der Waals surface area contributed by atoms with Crippen molar-refractivity contribution in [3.8, 4) is 0 Å². The number of para-hydroxylation sites is 1. The first kappa shape index (κ1) is 22.3. The average molecular weight is 466 g/mol. The van der Waals surface area contributed by atoms with Crippen molar-refractivity contribution >= 4 is 39.3 Å². The van der Waals surface area contributed by atoms with E-state index in [1.54, 1.807) is 7.05 Å². The van der Waals surface area contributed by atoms with Gasteiger partial charge >= 0.3 is 0 Å². The van der Waals surface area contributed by atoms with E-state index in [4.69, 9.17) is 0 Å². The molecule has 0 fully saturated rings. The number of nitrogens with one attached hydrogen (secondary N) is 1. The van der Waals surface area contributed by atoms with Crippen molar-refractivity contribution in [2.45, 2.75) is 11.4 Å². The second-order valence-electron chi connectivity index (χ2n) is 7.56. The minimum absolute atomic E-state index is 0.0142. The number of anilines is 1. The molecule has 1 unspecified atom stereocenters. The Morgan fingerprint density at radius 2 is 1.76 bits per heavy atom. The van der Waals surface area contributed by atoms with Crippen LogP contribution in [0.2, 0.25) is 0 Å². The molecule has 0 aliphatic carbocycles. The molecule has 3 aromatic carbocycles. The molecule has 1 atom stereocenters. The molecule has 0 radical (unpaired) electrons. The molecule has 7 nitrogen and oxygen atoms in total. The van der Waals surface area contributed by atoms with E-state index in [0.717, 1.165) is 17.7 Å². The zero-order valence-corrected chi connectivity index (χ0v) is 18.4. The van der Waals surface area contributed by atoms with Gasteiger partial charge in [0.05, 0.1) is 16.3 Å². The summed E-state index contributed by atoms with van der Waals surface area (Å²) in [6.45, 7) is 0.311. The van der Waals surface area contributed by atoms with Gasteiger partial charge in [-0.15, -0.1) is 0 Å². The van der Waals surface area contributed by atoms with Gasteiger partial charge in [0, 0.05) is 25.4 Å². The summed E-state index contributed by atoms with van der Waals surface area (Å²) in [7, 11) is -2.59. The number of benzene rings is 3. The molecule has 4 rings (SSSR count). The van der Waals surface area contributed by atoms with Crippen molar-refractivity contribution in [2.75, 3.05) is 11.8 Å². The normalized spacial score (nSPS) is 15.1. The minimum Gasteiger partial charge on any atom is -0.340 e. The van der Waals surface area contributed by atoms with Crippen LogP contribution in [0.3, 0.4) is 0 Å². The van der Waals surface area contributed by atoms with E-state index in [1.165, 1.54) is 41.4 Å². The van der Waals surface area contributed by atoms with Gasteiger partial charge < -0.3 is 4.90 Å². The van der Waals surface area contributed by atoms with E-state index in [9.17, 15) is 22.4 Å². The monoisotopic (exact) mass is 465 g/mol. The van der Waals surface area contributed by atoms with Gasteiger partial charge in [-0.3, -0.25) is 19.3 Å². The van der Waals surface area contributed by atoms with Crippen LogP contribution in [0.15, 0.2) is 82.7 Å². The highest BCUT2D eigenvalue weighted by molar-refractivity contribution is 7.92. The molecule has 0 bridgehead atoms. The van der Waals surface area contributed by atoms with Crippen LogP contribution in [0.5, 0.6) is 0 Å². The summed E-state index contributed by atoms with van der Waals surface area (Å²) in [5.74, 6) is -2.89. The standard InChI is InChI=1S/C24H20FN3O4S/c1-28(15-16-7-3-2-4-8-16)24(30)19-14-26-21-12-11-17(13-18(21)23(19)29)33(31,32)27-22-10-6-5-9-20(22)25/h2-14,19,27H,15H2,1H3. The number of sulfonamides is 1. The lowest BCUT2D eigenvalue weighted by Crippen LogP contribution is -2.38. The van der Waals surface area contributed by atoms with Crippen LogP contribution in [0.4, 0.5) is 15.8 Å². The van der Waals surface area contributed by atoms with Gasteiger partial charge in [0.2, 0.25) is 5.91 Å². The summed E-state index contributed by atoms with van der Waals surface area (Å²) in [6.07, 6.45) is 1.28. The largest absolute Gasteiger partial charge is 0.340 e. The summed E-state index contributed by atoms with van der Waals surface area (Å²) >= 11 is 0. The molecular weight excluding hydrogens is 445 g/mol. The Kier molecular flexibility index (Phi) is 6.06. The highest BCUT2D eigenvalue weighted by Gasteiger charge is 2.33. The van der Waals surface area contributed by atoms with Crippen molar-refractivity contribution < 1.29 is 22.4 Å². The first-order valence-corrected chi connectivity index (χ1v) is 11.5. The second-order valence-corrected chi connectivity index (χ2v) is 9.25. The van der Waals surface area contributed by atoms with Crippen LogP contribution in [0, 0.1) is 11.7 Å². The number of hydrogen-bond donors (Lipinski definition) is 1. The first-order valence-electron chi connectivity index (χ1n) is 10.0. The van der Waals surface area contributed by atoms with E-state index < -0.39 is 33.4 Å². The van der Waals surface area contributed by atoms with E-state index in [1.807, 2.05) is 30.3 Å². The Hall–Kier alpha value is -3.85. The smallest absolute Gasteiger partial charge is 0.262 e. The third kappa shape index (κ3) is 4.68. The number of hydrogen-bond acceptors (Lipinski definition) is 5. The Bertz CT molecular complexity index is 1360. The van der Waals surface area contributed by atoms with E-state index >= 15 is 0 Å². The molecule has 0 saturated carbocycles. The maximum atomic E-state index is 13.9. The molecular formula is C24H20FN3O4S. The fraction of sp³-hybridized carbons (Fsp3) is 0.125. The molecule has 9 heteroatoms. The Morgan fingerprint density at radius 3 is 2.48 bits per heavy atom. The number of aliphatic imine (C=N–C) groups is 1. The van der Waals surface area contributed by atoms with Crippen LogP contribution in [0.25, 0.3) is 0 Å². The third-order valence-corrected chi connectivity index (χ3v) is 6.58. The van der Waals surface area contributed by atoms with Crippen LogP contribution < -0.4 is 4.72 Å². The summed E-state index contributed by atoms with van der Waals surface area (Å²) in [6, 6.07) is 18.5. The molecule has 168 valence electrons. The molecule has 0 saturated heterocycles. The summed E-state index contributed by atoms with van der Waals surface area (Å²) in [5.41, 5.74) is 0.969. The van der Waals surface area contributed by atoms with Crippen molar-refractivity contribution in [1.82, 2.24) is 4.90 Å². The number of halogens is 1. The summed E-state index contributed by atoms with van der Waals surface area (Å²) in [5, 5.41) is 0. The third-order valence-electron chi connectivity index (χ3n) is 5.21. The highest BCUT2D eigenvalue weighted by atomic mass is 32.2. The van der Waals surface area contributed by atoms with Gasteiger partial charge in [-0.05, 0) is 35.9 Å². The topological polar surface area (TPSA) is 95.9 Å². The van der Waals surface area contributed by atoms with Crippen LogP contribution >= 0.6 is 0 Å². The molecule has 1 aliphatic heterocycles. The summed E-state index contributed by atoms with van der Waals surface area (Å²) < 4.78 is 41.6. The molecule has 33 heavy (non-hydrogen) atoms. The minimum atomic E-state index is -4.18. The average Bonchev–Trinajstić information content (AvgIpc) is 2.81. The number of fused-ring (bicyclic) bond motifs is 1. The zero-order chi connectivity index (χ0) is 23.6. The quantitative estimate of drug-likeness (QED) is 0.560. The summed E-state index contributed by atoms with van der Waals surface area (Å²) in [4.78, 5) is 31.4. The van der Waals surface area contributed by atoms with E-state index in [-0.39, 0.29) is 21.8 Å². The number of nitrogens with zero attached hydrogens (tertiary/aromatic N) is 2. The SMILES string of the molecule is CN(Cc1ccccc1)C(=O)C1C=Nc2ccc(S(=O)(=O)Nc3ccccc3F)cc2C1=O. The number of carbonyl (C=O) groups is 2. The van der Waals surface area contributed by atoms with Gasteiger partial charge in [0.15, 0.2) is 5.78 Å². The fourth-order valence-corrected chi connectivity index (χ4v) is 4.57. The lowest BCUT2D eigenvalue weighted by Gasteiger charge is -2.23. The van der Waals surface area contributed by atoms with Crippen LogP contribution in [-0.4, -0.2) is 38.3 Å². The van der Waals surface area contributed by atoms with E-state index in [0.29, 0.717) is 6.54 Å². The van der Waals surface area contributed by atoms with Crippen molar-refractivity contribution in [1.29, 1.82) is 0 Å². The molecule has 0 spiro atoms. The zero-order valence-electron chi connectivity index (χ0n) is 17.6. The lowest BCUT2D eigenvalue weighted by atomic mass is 9.93. The maximum Gasteiger partial charge on any atom is 0.262 e. The van der Waals surface area contributed by atoms with Crippen molar-refractivity contribution in [2.24, 2.45) is 10.9 Å². The maximum absolute atomic E-state index is 13.9. The number of carbonyl (C=O) groups excluding carboxylic acids is 2. The molecule has 1 aliphatic rings. The first-order chi connectivity index (χ1) is 15.8. The van der Waals surface area contributed by atoms with Crippen molar-refractivity contribution in [3.63, 3.8) is 0 Å². The Balaban J connectivity index is 1.57. The number of amides is 1. The fourth-order valence-electron chi connectivity index (χ4n) is 3.48. The molecule has 3 aromatic rings. The number of rotatable bonds is 6.